The lowest BCUT2D eigenvalue weighted by atomic mass is 10.1. The summed E-state index contributed by atoms with van der Waals surface area (Å²) >= 11 is 1.58. The number of hydrogen-bond donors (Lipinski definition) is 2. The van der Waals surface area contributed by atoms with Gasteiger partial charge in [-0.2, -0.15) is 0 Å². The molecule has 0 aliphatic carbocycles. The Morgan fingerprint density at radius 3 is 2.52 bits per heavy atom. The smallest absolute Gasteiger partial charge is 0.317 e. The van der Waals surface area contributed by atoms with Crippen LogP contribution >= 0.6 is 11.3 Å². The van der Waals surface area contributed by atoms with Gasteiger partial charge in [0.1, 0.15) is 0 Å². The molecule has 25 heavy (non-hydrogen) atoms. The van der Waals surface area contributed by atoms with E-state index >= 15 is 0 Å². The highest BCUT2D eigenvalue weighted by atomic mass is 32.1. The molecule has 1 atom stereocenters. The molecule has 7 heteroatoms. The summed E-state index contributed by atoms with van der Waals surface area (Å²) < 4.78 is 0. The number of carbonyl (C=O) groups excluding carboxylic acids is 2. The van der Waals surface area contributed by atoms with Crippen molar-refractivity contribution in [3.05, 3.63) is 45.9 Å². The maximum atomic E-state index is 12.3. The standard InChI is InChI=1S/C18H24N4O2S/c1-5-17(23)21-15-8-6-14(7-9-15)12(2)19-18(24)22(4)10-16-11-25-13(3)20-16/h6-9,11-12H,5,10H2,1-4H3,(H,19,24)(H,21,23)/t12-/m0/s1. The molecule has 0 fully saturated rings. The van der Waals surface area contributed by atoms with Crippen LogP contribution in [0.2, 0.25) is 0 Å². The SMILES string of the molecule is CCC(=O)Nc1ccc([C@H](C)NC(=O)N(C)Cc2csc(C)n2)cc1. The van der Waals surface area contributed by atoms with Gasteiger partial charge in [-0.05, 0) is 31.5 Å². The number of aryl methyl sites for hydroxylation is 1. The number of aromatic nitrogens is 1. The second-order valence-corrected chi connectivity index (χ2v) is 6.97. The molecule has 0 bridgehead atoms. The molecule has 0 saturated carbocycles. The van der Waals surface area contributed by atoms with Gasteiger partial charge in [-0.25, -0.2) is 9.78 Å². The Hall–Kier alpha value is -2.41. The van der Waals surface area contributed by atoms with E-state index in [1.54, 1.807) is 23.3 Å². The normalized spacial score (nSPS) is 11.7. The number of thiazole rings is 1. The summed E-state index contributed by atoms with van der Waals surface area (Å²) in [6, 6.07) is 7.20. The summed E-state index contributed by atoms with van der Waals surface area (Å²) in [5.74, 6) is -0.0204. The van der Waals surface area contributed by atoms with Crippen LogP contribution in [0.25, 0.3) is 0 Å². The summed E-state index contributed by atoms with van der Waals surface area (Å²) in [4.78, 5) is 29.7. The summed E-state index contributed by atoms with van der Waals surface area (Å²) in [5, 5.41) is 8.73. The number of amides is 3. The van der Waals surface area contributed by atoms with Crippen molar-refractivity contribution in [1.29, 1.82) is 0 Å². The number of nitrogens with zero attached hydrogens (tertiary/aromatic N) is 2. The van der Waals surface area contributed by atoms with Gasteiger partial charge in [-0.15, -0.1) is 11.3 Å². The van der Waals surface area contributed by atoms with Crippen LogP contribution < -0.4 is 10.6 Å². The number of anilines is 1. The second kappa shape index (κ2) is 8.62. The van der Waals surface area contributed by atoms with Gasteiger partial charge in [0, 0.05) is 24.5 Å². The zero-order valence-electron chi connectivity index (χ0n) is 15.0. The van der Waals surface area contributed by atoms with Gasteiger partial charge in [0.05, 0.1) is 23.3 Å². The molecule has 0 aliphatic heterocycles. The molecule has 0 saturated heterocycles. The fourth-order valence-electron chi connectivity index (χ4n) is 2.28. The van der Waals surface area contributed by atoms with Crippen molar-refractivity contribution in [2.24, 2.45) is 0 Å². The van der Waals surface area contributed by atoms with E-state index in [4.69, 9.17) is 0 Å². The molecule has 0 radical (unpaired) electrons. The molecular formula is C18H24N4O2S. The molecule has 0 unspecified atom stereocenters. The molecule has 0 spiro atoms. The lowest BCUT2D eigenvalue weighted by Gasteiger charge is -2.21. The number of carbonyl (C=O) groups is 2. The molecule has 3 amide bonds. The molecule has 6 nitrogen and oxygen atoms in total. The molecule has 2 N–H and O–H groups in total. The minimum absolute atomic E-state index is 0.0204. The van der Waals surface area contributed by atoms with Crippen molar-refractivity contribution >= 4 is 29.0 Å². The third kappa shape index (κ3) is 5.56. The van der Waals surface area contributed by atoms with Crippen LogP contribution in [0.15, 0.2) is 29.6 Å². The Bertz CT molecular complexity index is 727. The van der Waals surface area contributed by atoms with Gasteiger partial charge < -0.3 is 15.5 Å². The van der Waals surface area contributed by atoms with Crippen molar-refractivity contribution in [3.8, 4) is 0 Å². The van der Waals surface area contributed by atoms with Crippen molar-refractivity contribution in [1.82, 2.24) is 15.2 Å². The fraction of sp³-hybridized carbons (Fsp3) is 0.389. The Labute approximate surface area is 152 Å². The second-order valence-electron chi connectivity index (χ2n) is 5.91. The molecule has 134 valence electrons. The minimum Gasteiger partial charge on any atom is -0.331 e. The van der Waals surface area contributed by atoms with Crippen LogP contribution in [-0.2, 0) is 11.3 Å². The molecule has 1 aromatic heterocycles. The Morgan fingerprint density at radius 1 is 1.28 bits per heavy atom. The van der Waals surface area contributed by atoms with Crippen LogP contribution in [0.5, 0.6) is 0 Å². The summed E-state index contributed by atoms with van der Waals surface area (Å²) in [6.07, 6.45) is 0.444. The number of rotatable bonds is 6. The van der Waals surface area contributed by atoms with Crippen molar-refractivity contribution < 1.29 is 9.59 Å². The average Bonchev–Trinajstić information content (AvgIpc) is 3.00. The predicted molar refractivity (Wildman–Crippen MR) is 101 cm³/mol. The van der Waals surface area contributed by atoms with Gasteiger partial charge in [-0.1, -0.05) is 19.1 Å². The van der Waals surface area contributed by atoms with E-state index in [-0.39, 0.29) is 18.0 Å². The third-order valence-corrected chi connectivity index (χ3v) is 4.59. The topological polar surface area (TPSA) is 74.3 Å². The fourth-order valence-corrected chi connectivity index (χ4v) is 2.88. The van der Waals surface area contributed by atoms with E-state index in [1.807, 2.05) is 50.4 Å². The highest BCUT2D eigenvalue weighted by Crippen LogP contribution is 2.17. The zero-order chi connectivity index (χ0) is 18.4. The van der Waals surface area contributed by atoms with Gasteiger partial charge in [0.2, 0.25) is 5.91 Å². The average molecular weight is 360 g/mol. The van der Waals surface area contributed by atoms with Crippen LogP contribution in [0, 0.1) is 6.92 Å². The van der Waals surface area contributed by atoms with E-state index in [1.165, 1.54) is 0 Å². The van der Waals surface area contributed by atoms with E-state index in [2.05, 4.69) is 15.6 Å². The highest BCUT2D eigenvalue weighted by molar-refractivity contribution is 7.09. The van der Waals surface area contributed by atoms with Crippen molar-refractivity contribution in [2.45, 2.75) is 39.8 Å². The largest absolute Gasteiger partial charge is 0.331 e. The lowest BCUT2D eigenvalue weighted by molar-refractivity contribution is -0.115. The highest BCUT2D eigenvalue weighted by Gasteiger charge is 2.14. The van der Waals surface area contributed by atoms with Crippen LogP contribution in [0.1, 0.15) is 42.6 Å². The van der Waals surface area contributed by atoms with Crippen LogP contribution in [-0.4, -0.2) is 28.9 Å². The first kappa shape index (κ1) is 18.9. The Morgan fingerprint density at radius 2 is 1.96 bits per heavy atom. The number of nitrogens with one attached hydrogen (secondary N) is 2. The first-order chi connectivity index (χ1) is 11.9. The molecular weight excluding hydrogens is 336 g/mol. The first-order valence-corrected chi connectivity index (χ1v) is 9.09. The zero-order valence-corrected chi connectivity index (χ0v) is 15.8. The number of benzene rings is 1. The maximum absolute atomic E-state index is 12.3. The quantitative estimate of drug-likeness (QED) is 0.825. The molecule has 1 heterocycles. The number of hydrogen-bond acceptors (Lipinski definition) is 4. The summed E-state index contributed by atoms with van der Waals surface area (Å²) in [6.45, 7) is 6.16. The number of urea groups is 1. The molecule has 2 aromatic rings. The van der Waals surface area contributed by atoms with E-state index in [0.29, 0.717) is 13.0 Å². The first-order valence-electron chi connectivity index (χ1n) is 8.21. The third-order valence-electron chi connectivity index (χ3n) is 3.77. The molecule has 0 aliphatic rings. The van der Waals surface area contributed by atoms with E-state index in [9.17, 15) is 9.59 Å². The monoisotopic (exact) mass is 360 g/mol. The maximum Gasteiger partial charge on any atom is 0.317 e. The van der Waals surface area contributed by atoms with Gasteiger partial charge in [0.25, 0.3) is 0 Å². The summed E-state index contributed by atoms with van der Waals surface area (Å²) in [7, 11) is 1.75. The van der Waals surface area contributed by atoms with Crippen molar-refractivity contribution in [2.75, 3.05) is 12.4 Å². The van der Waals surface area contributed by atoms with E-state index in [0.717, 1.165) is 22.0 Å². The molecule has 2 rings (SSSR count). The van der Waals surface area contributed by atoms with Gasteiger partial charge >= 0.3 is 6.03 Å². The van der Waals surface area contributed by atoms with Crippen molar-refractivity contribution in [3.63, 3.8) is 0 Å². The predicted octanol–water partition coefficient (Wildman–Crippen LogP) is 3.70. The van der Waals surface area contributed by atoms with Gasteiger partial charge in [-0.3, -0.25) is 4.79 Å². The molecule has 1 aromatic carbocycles. The van der Waals surface area contributed by atoms with Crippen LogP contribution in [0.4, 0.5) is 10.5 Å². The van der Waals surface area contributed by atoms with Crippen LogP contribution in [0.3, 0.4) is 0 Å². The van der Waals surface area contributed by atoms with E-state index < -0.39 is 0 Å². The minimum atomic E-state index is -0.151. The summed E-state index contributed by atoms with van der Waals surface area (Å²) in [5.41, 5.74) is 2.62. The Kier molecular flexibility index (Phi) is 6.52. The Balaban J connectivity index is 1.90. The lowest BCUT2D eigenvalue weighted by Crippen LogP contribution is -2.38. The van der Waals surface area contributed by atoms with Gasteiger partial charge in [0.15, 0.2) is 0 Å².